The summed E-state index contributed by atoms with van der Waals surface area (Å²) in [5.41, 5.74) is 0.928. The fourth-order valence-corrected chi connectivity index (χ4v) is 3.25. The fourth-order valence-electron chi connectivity index (χ4n) is 2.39. The number of piperidine rings is 1. The van der Waals surface area contributed by atoms with E-state index in [0.717, 1.165) is 12.1 Å². The van der Waals surface area contributed by atoms with Gasteiger partial charge in [-0.25, -0.2) is 14.6 Å². The zero-order valence-electron chi connectivity index (χ0n) is 12.5. The highest BCUT2D eigenvalue weighted by Gasteiger charge is 2.35. The third kappa shape index (κ3) is 3.72. The molecule has 1 aromatic heterocycles. The minimum absolute atomic E-state index is 0.300. The van der Waals surface area contributed by atoms with Crippen molar-refractivity contribution in [3.63, 3.8) is 0 Å². The van der Waals surface area contributed by atoms with Crippen molar-refractivity contribution in [2.24, 2.45) is 5.92 Å². The highest BCUT2D eigenvalue weighted by molar-refractivity contribution is 7.13. The van der Waals surface area contributed by atoms with Gasteiger partial charge in [0, 0.05) is 11.9 Å². The number of hydrogen-bond donors (Lipinski definition) is 2. The second-order valence-electron chi connectivity index (χ2n) is 5.84. The molecule has 0 saturated carbocycles. The molecule has 1 fully saturated rings. The van der Waals surface area contributed by atoms with Crippen LogP contribution in [0, 0.1) is 5.92 Å². The molecule has 0 radical (unpaired) electrons. The lowest BCUT2D eigenvalue weighted by atomic mass is 9.93. The van der Waals surface area contributed by atoms with E-state index in [1.165, 1.54) is 16.2 Å². The van der Waals surface area contributed by atoms with Crippen molar-refractivity contribution in [1.82, 2.24) is 9.88 Å². The summed E-state index contributed by atoms with van der Waals surface area (Å²) in [4.78, 5) is 29.4. The van der Waals surface area contributed by atoms with E-state index < -0.39 is 12.0 Å². The third-order valence-electron chi connectivity index (χ3n) is 3.74. The van der Waals surface area contributed by atoms with E-state index in [1.807, 2.05) is 26.2 Å². The molecule has 7 heteroatoms. The lowest BCUT2D eigenvalue weighted by Crippen LogP contribution is -2.51. The summed E-state index contributed by atoms with van der Waals surface area (Å²) in [6, 6.07) is -1.13. The Balaban J connectivity index is 2.05. The first-order chi connectivity index (χ1) is 9.88. The second kappa shape index (κ2) is 6.43. The minimum atomic E-state index is -0.946. The Kier molecular flexibility index (Phi) is 4.82. The van der Waals surface area contributed by atoms with Gasteiger partial charge in [-0.05, 0) is 24.7 Å². The van der Waals surface area contributed by atoms with Gasteiger partial charge in [0.05, 0.1) is 5.69 Å². The summed E-state index contributed by atoms with van der Waals surface area (Å²) in [6.07, 6.45) is 1.32. The normalized spacial score (nSPS) is 22.4. The van der Waals surface area contributed by atoms with Gasteiger partial charge in [0.25, 0.3) is 0 Å². The number of thiazole rings is 1. The van der Waals surface area contributed by atoms with Crippen LogP contribution < -0.4 is 5.32 Å². The summed E-state index contributed by atoms with van der Waals surface area (Å²) >= 11 is 1.36. The molecule has 116 valence electrons. The Hall–Kier alpha value is -1.63. The third-order valence-corrected chi connectivity index (χ3v) is 4.51. The Bertz CT molecular complexity index is 529. The smallest absolute Gasteiger partial charge is 0.326 e. The number of hydrogen-bond acceptors (Lipinski definition) is 4. The molecule has 2 unspecified atom stereocenters. The van der Waals surface area contributed by atoms with Gasteiger partial charge in [-0.1, -0.05) is 20.8 Å². The van der Waals surface area contributed by atoms with Crippen LogP contribution in [0.15, 0.2) is 5.38 Å². The number of aromatic nitrogens is 1. The molecular formula is C14H21N3O3S. The van der Waals surface area contributed by atoms with E-state index in [2.05, 4.69) is 10.3 Å². The summed E-state index contributed by atoms with van der Waals surface area (Å²) in [5, 5.41) is 14.4. The molecule has 21 heavy (non-hydrogen) atoms. The zero-order chi connectivity index (χ0) is 15.6. The molecule has 1 aliphatic rings. The SMILES string of the molecule is CC1CCN(C(=O)Nc2nc(C(C)C)cs2)C(C(=O)O)C1. The maximum Gasteiger partial charge on any atom is 0.326 e. The lowest BCUT2D eigenvalue weighted by molar-refractivity contribution is -0.143. The number of nitrogens with zero attached hydrogens (tertiary/aromatic N) is 2. The predicted molar refractivity (Wildman–Crippen MR) is 81.7 cm³/mol. The maximum absolute atomic E-state index is 12.3. The fraction of sp³-hybridized carbons (Fsp3) is 0.643. The standard InChI is InChI=1S/C14H21N3O3S/c1-8(2)10-7-21-13(15-10)16-14(20)17-5-4-9(3)6-11(17)12(18)19/h7-9,11H,4-6H2,1-3H3,(H,18,19)(H,15,16,20). The monoisotopic (exact) mass is 311 g/mol. The lowest BCUT2D eigenvalue weighted by Gasteiger charge is -2.35. The first-order valence-corrected chi connectivity index (χ1v) is 8.02. The molecule has 0 bridgehead atoms. The van der Waals surface area contributed by atoms with Crippen molar-refractivity contribution in [2.75, 3.05) is 11.9 Å². The number of carboxylic acids is 1. The van der Waals surface area contributed by atoms with E-state index in [0.29, 0.717) is 29.9 Å². The molecule has 2 atom stereocenters. The quantitative estimate of drug-likeness (QED) is 0.899. The molecule has 6 nitrogen and oxygen atoms in total. The molecular weight excluding hydrogens is 290 g/mol. The van der Waals surface area contributed by atoms with Gasteiger partial charge in [-0.15, -0.1) is 11.3 Å². The number of carbonyl (C=O) groups excluding carboxylic acids is 1. The Morgan fingerprint density at radius 1 is 1.52 bits per heavy atom. The van der Waals surface area contributed by atoms with Crippen LogP contribution in [0.2, 0.25) is 0 Å². The van der Waals surface area contributed by atoms with Crippen LogP contribution in [0.5, 0.6) is 0 Å². The van der Waals surface area contributed by atoms with Crippen LogP contribution >= 0.6 is 11.3 Å². The van der Waals surface area contributed by atoms with Gasteiger partial charge >= 0.3 is 12.0 Å². The summed E-state index contributed by atoms with van der Waals surface area (Å²) < 4.78 is 0. The average Bonchev–Trinajstić information content (AvgIpc) is 2.87. The average molecular weight is 311 g/mol. The van der Waals surface area contributed by atoms with E-state index in [1.54, 1.807) is 0 Å². The van der Waals surface area contributed by atoms with E-state index >= 15 is 0 Å². The van der Waals surface area contributed by atoms with Crippen molar-refractivity contribution in [3.8, 4) is 0 Å². The Morgan fingerprint density at radius 3 is 2.81 bits per heavy atom. The molecule has 2 amide bonds. The second-order valence-corrected chi connectivity index (χ2v) is 6.70. The zero-order valence-corrected chi connectivity index (χ0v) is 13.3. The highest BCUT2D eigenvalue weighted by atomic mass is 32.1. The highest BCUT2D eigenvalue weighted by Crippen LogP contribution is 2.25. The van der Waals surface area contributed by atoms with Crippen LogP contribution in [0.1, 0.15) is 45.2 Å². The Morgan fingerprint density at radius 2 is 2.24 bits per heavy atom. The number of aliphatic carboxylic acids is 1. The van der Waals surface area contributed by atoms with Crippen molar-refractivity contribution >= 4 is 28.5 Å². The number of nitrogens with one attached hydrogen (secondary N) is 1. The number of carbonyl (C=O) groups is 2. The summed E-state index contributed by atoms with van der Waals surface area (Å²) in [7, 11) is 0. The maximum atomic E-state index is 12.3. The molecule has 0 aliphatic carbocycles. The number of amides is 2. The number of likely N-dealkylation sites (tertiary alicyclic amines) is 1. The van der Waals surface area contributed by atoms with Crippen molar-refractivity contribution in [2.45, 2.75) is 45.6 Å². The van der Waals surface area contributed by atoms with Crippen LogP contribution in [-0.4, -0.2) is 39.6 Å². The molecule has 1 aromatic rings. The van der Waals surface area contributed by atoms with Gasteiger partial charge < -0.3 is 10.0 Å². The number of carboxylic acid groups (broad SMARTS) is 1. The van der Waals surface area contributed by atoms with Gasteiger partial charge in [-0.2, -0.15) is 0 Å². The van der Waals surface area contributed by atoms with Gasteiger partial charge in [0.1, 0.15) is 6.04 Å². The first-order valence-electron chi connectivity index (χ1n) is 7.14. The molecule has 0 aromatic carbocycles. The van der Waals surface area contributed by atoms with E-state index in [4.69, 9.17) is 0 Å². The molecule has 2 rings (SSSR count). The van der Waals surface area contributed by atoms with Crippen LogP contribution in [0.25, 0.3) is 0 Å². The summed E-state index contributed by atoms with van der Waals surface area (Å²) in [6.45, 7) is 6.55. The van der Waals surface area contributed by atoms with Gasteiger partial charge in [0.15, 0.2) is 5.13 Å². The topological polar surface area (TPSA) is 82.5 Å². The van der Waals surface area contributed by atoms with Gasteiger partial charge in [-0.3, -0.25) is 5.32 Å². The van der Waals surface area contributed by atoms with Crippen molar-refractivity contribution in [3.05, 3.63) is 11.1 Å². The molecule has 1 aliphatic heterocycles. The Labute approximate surface area is 128 Å². The number of rotatable bonds is 3. The van der Waals surface area contributed by atoms with Gasteiger partial charge in [0.2, 0.25) is 0 Å². The number of anilines is 1. The van der Waals surface area contributed by atoms with E-state index in [-0.39, 0.29) is 6.03 Å². The predicted octanol–water partition coefficient (Wildman–Crippen LogP) is 2.98. The van der Waals surface area contributed by atoms with Crippen LogP contribution in [0.3, 0.4) is 0 Å². The molecule has 0 spiro atoms. The number of urea groups is 1. The molecule has 2 N–H and O–H groups in total. The first kappa shape index (κ1) is 15.8. The van der Waals surface area contributed by atoms with Crippen molar-refractivity contribution in [1.29, 1.82) is 0 Å². The van der Waals surface area contributed by atoms with Crippen LogP contribution in [0.4, 0.5) is 9.93 Å². The van der Waals surface area contributed by atoms with Crippen molar-refractivity contribution < 1.29 is 14.7 Å². The minimum Gasteiger partial charge on any atom is -0.480 e. The van der Waals surface area contributed by atoms with Crippen LogP contribution in [-0.2, 0) is 4.79 Å². The molecule has 2 heterocycles. The van der Waals surface area contributed by atoms with E-state index in [9.17, 15) is 14.7 Å². The molecule has 1 saturated heterocycles. The largest absolute Gasteiger partial charge is 0.480 e. The summed E-state index contributed by atoms with van der Waals surface area (Å²) in [5.74, 6) is -0.323.